The summed E-state index contributed by atoms with van der Waals surface area (Å²) in [6.07, 6.45) is 7.12. The van der Waals surface area contributed by atoms with Crippen LogP contribution in [0.5, 0.6) is 0 Å². The molecule has 2 fully saturated rings. The first-order chi connectivity index (χ1) is 7.62. The highest BCUT2D eigenvalue weighted by Crippen LogP contribution is 2.40. The summed E-state index contributed by atoms with van der Waals surface area (Å²) in [5, 5.41) is 3.71. The van der Waals surface area contributed by atoms with Gasteiger partial charge in [0.1, 0.15) is 0 Å². The molecule has 16 heavy (non-hydrogen) atoms. The standard InChI is InChI=1S/C14H27NO/c1-11(2)6-7-14(8-9-16-12(14)3)10-15-13-4-5-13/h11-13,15H,4-10H2,1-3H3. The first-order valence-electron chi connectivity index (χ1n) is 6.97. The van der Waals surface area contributed by atoms with Crippen LogP contribution in [0.15, 0.2) is 0 Å². The Morgan fingerprint density at radius 1 is 1.38 bits per heavy atom. The molecule has 0 aromatic carbocycles. The third-order valence-electron chi connectivity index (χ3n) is 4.37. The third kappa shape index (κ3) is 2.98. The Kier molecular flexibility index (Phi) is 3.91. The van der Waals surface area contributed by atoms with E-state index in [9.17, 15) is 0 Å². The summed E-state index contributed by atoms with van der Waals surface area (Å²) < 4.78 is 5.81. The van der Waals surface area contributed by atoms with Gasteiger partial charge in [0.05, 0.1) is 6.10 Å². The average molecular weight is 225 g/mol. The molecule has 1 saturated carbocycles. The maximum Gasteiger partial charge on any atom is 0.0616 e. The molecule has 2 atom stereocenters. The Bertz CT molecular complexity index is 217. The van der Waals surface area contributed by atoms with Crippen LogP contribution in [0.25, 0.3) is 0 Å². The maximum absolute atomic E-state index is 5.81. The topological polar surface area (TPSA) is 21.3 Å². The molecular weight excluding hydrogens is 198 g/mol. The normalized spacial score (nSPS) is 34.9. The smallest absolute Gasteiger partial charge is 0.0616 e. The Morgan fingerprint density at radius 3 is 2.62 bits per heavy atom. The number of hydrogen-bond acceptors (Lipinski definition) is 2. The van der Waals surface area contributed by atoms with Crippen LogP contribution in [0.2, 0.25) is 0 Å². The Balaban J connectivity index is 1.88. The van der Waals surface area contributed by atoms with Crippen molar-refractivity contribution in [3.8, 4) is 0 Å². The molecule has 2 rings (SSSR count). The molecule has 94 valence electrons. The minimum absolute atomic E-state index is 0.423. The van der Waals surface area contributed by atoms with Crippen LogP contribution < -0.4 is 5.32 Å². The SMILES string of the molecule is CC(C)CCC1(CNC2CC2)CCOC1C. The van der Waals surface area contributed by atoms with Crippen molar-refractivity contribution in [2.45, 2.75) is 65.0 Å². The lowest BCUT2D eigenvalue weighted by atomic mass is 9.76. The van der Waals surface area contributed by atoms with E-state index in [4.69, 9.17) is 4.74 Å². The van der Waals surface area contributed by atoms with E-state index < -0.39 is 0 Å². The second kappa shape index (κ2) is 5.05. The second-order valence-corrected chi connectivity index (χ2v) is 6.21. The second-order valence-electron chi connectivity index (χ2n) is 6.21. The fraction of sp³-hybridized carbons (Fsp3) is 1.00. The van der Waals surface area contributed by atoms with E-state index in [0.29, 0.717) is 11.5 Å². The summed E-state index contributed by atoms with van der Waals surface area (Å²) in [6, 6.07) is 0.823. The van der Waals surface area contributed by atoms with E-state index in [1.165, 1.54) is 38.6 Å². The summed E-state index contributed by atoms with van der Waals surface area (Å²) in [6.45, 7) is 9.05. The molecule has 2 aliphatic rings. The minimum atomic E-state index is 0.423. The summed E-state index contributed by atoms with van der Waals surface area (Å²) in [5.41, 5.74) is 0.423. The molecular formula is C14H27NO. The van der Waals surface area contributed by atoms with Gasteiger partial charge in [0, 0.05) is 24.6 Å². The molecule has 2 heteroatoms. The molecule has 1 saturated heterocycles. The van der Waals surface area contributed by atoms with Gasteiger partial charge in [0.15, 0.2) is 0 Å². The Labute approximate surface area is 100 Å². The molecule has 1 aliphatic heterocycles. The fourth-order valence-electron chi connectivity index (χ4n) is 2.68. The van der Waals surface area contributed by atoms with Gasteiger partial charge in [0.2, 0.25) is 0 Å². The molecule has 2 nitrogen and oxygen atoms in total. The molecule has 1 heterocycles. The molecule has 0 aromatic heterocycles. The van der Waals surface area contributed by atoms with Gasteiger partial charge in [-0.2, -0.15) is 0 Å². The molecule has 0 radical (unpaired) electrons. The van der Waals surface area contributed by atoms with Crippen LogP contribution in [-0.4, -0.2) is 25.3 Å². The number of ether oxygens (including phenoxy) is 1. The van der Waals surface area contributed by atoms with Crippen molar-refractivity contribution in [3.63, 3.8) is 0 Å². The molecule has 0 spiro atoms. The lowest BCUT2D eigenvalue weighted by Crippen LogP contribution is -2.40. The number of hydrogen-bond donors (Lipinski definition) is 1. The van der Waals surface area contributed by atoms with Crippen LogP contribution >= 0.6 is 0 Å². The summed E-state index contributed by atoms with van der Waals surface area (Å²) in [7, 11) is 0. The zero-order chi connectivity index (χ0) is 11.6. The van der Waals surface area contributed by atoms with Gasteiger partial charge in [-0.25, -0.2) is 0 Å². The van der Waals surface area contributed by atoms with Gasteiger partial charge in [-0.1, -0.05) is 20.3 Å². The zero-order valence-electron chi connectivity index (χ0n) is 11.1. The van der Waals surface area contributed by atoms with Crippen molar-refractivity contribution in [1.29, 1.82) is 0 Å². The molecule has 1 aliphatic carbocycles. The predicted molar refractivity (Wildman–Crippen MR) is 67.6 cm³/mol. The maximum atomic E-state index is 5.81. The van der Waals surface area contributed by atoms with E-state index >= 15 is 0 Å². The van der Waals surface area contributed by atoms with Crippen molar-refractivity contribution in [3.05, 3.63) is 0 Å². The van der Waals surface area contributed by atoms with E-state index in [0.717, 1.165) is 18.6 Å². The van der Waals surface area contributed by atoms with Crippen molar-refractivity contribution in [1.82, 2.24) is 5.32 Å². The van der Waals surface area contributed by atoms with Gasteiger partial charge in [-0.15, -0.1) is 0 Å². The van der Waals surface area contributed by atoms with Crippen molar-refractivity contribution >= 4 is 0 Å². The van der Waals surface area contributed by atoms with Crippen LogP contribution in [0.1, 0.15) is 52.9 Å². The lowest BCUT2D eigenvalue weighted by Gasteiger charge is -2.33. The monoisotopic (exact) mass is 225 g/mol. The van der Waals surface area contributed by atoms with E-state index in [2.05, 4.69) is 26.1 Å². The van der Waals surface area contributed by atoms with E-state index in [1.54, 1.807) is 0 Å². The van der Waals surface area contributed by atoms with Gasteiger partial charge in [-0.05, 0) is 38.5 Å². The molecule has 0 bridgehead atoms. The third-order valence-corrected chi connectivity index (χ3v) is 4.37. The van der Waals surface area contributed by atoms with Gasteiger partial charge < -0.3 is 10.1 Å². The molecule has 2 unspecified atom stereocenters. The van der Waals surface area contributed by atoms with Crippen LogP contribution in [0, 0.1) is 11.3 Å². The number of nitrogens with one attached hydrogen (secondary N) is 1. The minimum Gasteiger partial charge on any atom is -0.378 e. The van der Waals surface area contributed by atoms with Gasteiger partial charge in [0.25, 0.3) is 0 Å². The van der Waals surface area contributed by atoms with E-state index in [-0.39, 0.29) is 0 Å². The largest absolute Gasteiger partial charge is 0.378 e. The number of rotatable bonds is 6. The summed E-state index contributed by atoms with van der Waals surface area (Å²) in [5.74, 6) is 0.811. The zero-order valence-corrected chi connectivity index (χ0v) is 11.1. The van der Waals surface area contributed by atoms with Gasteiger partial charge in [-0.3, -0.25) is 0 Å². The lowest BCUT2D eigenvalue weighted by molar-refractivity contribution is 0.0554. The van der Waals surface area contributed by atoms with E-state index in [1.807, 2.05) is 0 Å². The Hall–Kier alpha value is -0.0800. The fourth-order valence-corrected chi connectivity index (χ4v) is 2.68. The van der Waals surface area contributed by atoms with Crippen molar-refractivity contribution in [2.75, 3.05) is 13.2 Å². The average Bonchev–Trinajstić information content (AvgIpc) is 2.99. The first kappa shape index (κ1) is 12.4. The van der Waals surface area contributed by atoms with Crippen molar-refractivity contribution < 1.29 is 4.74 Å². The predicted octanol–water partition coefficient (Wildman–Crippen LogP) is 2.97. The summed E-state index contributed by atoms with van der Waals surface area (Å²) >= 11 is 0. The van der Waals surface area contributed by atoms with Crippen LogP contribution in [-0.2, 0) is 4.74 Å². The van der Waals surface area contributed by atoms with Crippen molar-refractivity contribution in [2.24, 2.45) is 11.3 Å². The highest BCUT2D eigenvalue weighted by atomic mass is 16.5. The Morgan fingerprint density at radius 2 is 2.12 bits per heavy atom. The quantitative estimate of drug-likeness (QED) is 0.750. The molecule has 0 amide bonds. The summed E-state index contributed by atoms with van der Waals surface area (Å²) in [4.78, 5) is 0. The van der Waals surface area contributed by atoms with Crippen LogP contribution in [0.4, 0.5) is 0 Å². The molecule has 0 aromatic rings. The first-order valence-corrected chi connectivity index (χ1v) is 6.97. The highest BCUT2D eigenvalue weighted by Gasteiger charge is 2.41. The van der Waals surface area contributed by atoms with Gasteiger partial charge >= 0.3 is 0 Å². The highest BCUT2D eigenvalue weighted by molar-refractivity contribution is 4.94. The van der Waals surface area contributed by atoms with Crippen LogP contribution in [0.3, 0.4) is 0 Å². The molecule has 1 N–H and O–H groups in total.